The number of hydrogen-bond donors (Lipinski definition) is 2. The van der Waals surface area contributed by atoms with Crippen molar-refractivity contribution in [1.29, 1.82) is 0 Å². The maximum Gasteiger partial charge on any atom is 0.313 e. The third-order valence-electron chi connectivity index (χ3n) is 1.89. The van der Waals surface area contributed by atoms with Crippen LogP contribution in [0.4, 0.5) is 0 Å². The molecule has 2 N–H and O–H groups in total. The molecule has 1 aromatic heterocycles. The van der Waals surface area contributed by atoms with Gasteiger partial charge in [0.05, 0.1) is 12.1 Å². The van der Waals surface area contributed by atoms with Gasteiger partial charge in [-0.25, -0.2) is 0 Å². The first-order chi connectivity index (χ1) is 6.52. The largest absolute Gasteiger partial charge is 0.481 e. The molecule has 1 aromatic rings. The first-order valence-corrected chi connectivity index (χ1v) is 3.95. The van der Waals surface area contributed by atoms with Crippen LogP contribution in [0.5, 0.6) is 0 Å². The molecule has 6 nitrogen and oxygen atoms in total. The Kier molecular flexibility index (Phi) is 2.85. The lowest BCUT2D eigenvalue weighted by molar-refractivity contribution is -0.145. The van der Waals surface area contributed by atoms with Gasteiger partial charge in [0.2, 0.25) is 0 Å². The van der Waals surface area contributed by atoms with Crippen LogP contribution in [0.3, 0.4) is 0 Å². The van der Waals surface area contributed by atoms with Gasteiger partial charge < -0.3 is 10.2 Å². The van der Waals surface area contributed by atoms with E-state index in [0.29, 0.717) is 5.69 Å². The van der Waals surface area contributed by atoms with E-state index >= 15 is 0 Å². The van der Waals surface area contributed by atoms with Gasteiger partial charge in [0.15, 0.2) is 0 Å². The Morgan fingerprint density at radius 3 is 2.57 bits per heavy atom. The van der Waals surface area contributed by atoms with Crippen molar-refractivity contribution in [3.63, 3.8) is 0 Å². The van der Waals surface area contributed by atoms with Crippen LogP contribution < -0.4 is 0 Å². The molecule has 0 fully saturated rings. The maximum absolute atomic E-state index is 10.8. The van der Waals surface area contributed by atoms with E-state index in [4.69, 9.17) is 10.2 Å². The second-order valence-corrected chi connectivity index (χ2v) is 2.87. The van der Waals surface area contributed by atoms with Gasteiger partial charge >= 0.3 is 11.9 Å². The molecule has 0 aromatic carbocycles. The molecule has 0 radical (unpaired) electrons. The van der Waals surface area contributed by atoms with Crippen molar-refractivity contribution in [3.05, 3.63) is 18.0 Å². The summed E-state index contributed by atoms with van der Waals surface area (Å²) in [5, 5.41) is 21.1. The Labute approximate surface area is 79.8 Å². The number of carbonyl (C=O) groups is 2. The average Bonchev–Trinajstić information content (AvgIpc) is 2.46. The predicted octanol–water partition coefficient (Wildman–Crippen LogP) is 0.0630. The lowest BCUT2D eigenvalue weighted by Gasteiger charge is -2.09. The molecule has 0 saturated carbocycles. The van der Waals surface area contributed by atoms with Crippen molar-refractivity contribution in [2.45, 2.75) is 12.3 Å². The molecule has 1 rings (SSSR count). The van der Waals surface area contributed by atoms with Crippen molar-refractivity contribution in [3.8, 4) is 0 Å². The standard InChI is InChI=1S/C8H10N2O4/c1-10-6(2-3-9-10)5(8(13)14)4-7(11)12/h2-3,5H,4H2,1H3,(H,11,12)(H,13,14). The molecular formula is C8H10N2O4. The van der Waals surface area contributed by atoms with E-state index in [1.54, 1.807) is 7.05 Å². The normalized spacial score (nSPS) is 12.4. The number of carboxylic acid groups (broad SMARTS) is 2. The number of nitrogens with zero attached hydrogens (tertiary/aromatic N) is 2. The van der Waals surface area contributed by atoms with E-state index < -0.39 is 24.3 Å². The molecule has 0 aliphatic heterocycles. The van der Waals surface area contributed by atoms with Gasteiger partial charge in [-0.15, -0.1) is 0 Å². The second-order valence-electron chi connectivity index (χ2n) is 2.87. The minimum atomic E-state index is -1.16. The van der Waals surface area contributed by atoms with E-state index in [-0.39, 0.29) is 0 Å². The number of hydrogen-bond acceptors (Lipinski definition) is 3. The summed E-state index contributed by atoms with van der Waals surface area (Å²) in [6, 6.07) is 1.50. The van der Waals surface area contributed by atoms with Crippen molar-refractivity contribution in [2.75, 3.05) is 0 Å². The second kappa shape index (κ2) is 3.91. The number of aromatic nitrogens is 2. The Morgan fingerprint density at radius 1 is 1.57 bits per heavy atom. The summed E-state index contributed by atoms with van der Waals surface area (Å²) < 4.78 is 1.36. The van der Waals surface area contributed by atoms with Gasteiger partial charge in [-0.05, 0) is 6.07 Å². The van der Waals surface area contributed by atoms with Crippen LogP contribution in [0.25, 0.3) is 0 Å². The van der Waals surface area contributed by atoms with E-state index in [2.05, 4.69) is 5.10 Å². The van der Waals surface area contributed by atoms with Crippen LogP contribution >= 0.6 is 0 Å². The predicted molar refractivity (Wildman–Crippen MR) is 45.8 cm³/mol. The first-order valence-electron chi connectivity index (χ1n) is 3.95. The molecule has 76 valence electrons. The average molecular weight is 198 g/mol. The molecular weight excluding hydrogens is 188 g/mol. The highest BCUT2D eigenvalue weighted by atomic mass is 16.4. The fourth-order valence-corrected chi connectivity index (χ4v) is 1.22. The molecule has 0 aliphatic carbocycles. The zero-order chi connectivity index (χ0) is 10.7. The van der Waals surface area contributed by atoms with Gasteiger partial charge in [0.1, 0.15) is 5.92 Å². The van der Waals surface area contributed by atoms with Crippen LogP contribution in [0.1, 0.15) is 18.0 Å². The Hall–Kier alpha value is -1.85. The quantitative estimate of drug-likeness (QED) is 0.713. The van der Waals surface area contributed by atoms with Crippen LogP contribution in [-0.4, -0.2) is 31.9 Å². The highest BCUT2D eigenvalue weighted by Crippen LogP contribution is 2.18. The van der Waals surface area contributed by atoms with Gasteiger partial charge in [-0.3, -0.25) is 14.3 Å². The van der Waals surface area contributed by atoms with Crippen LogP contribution in [0, 0.1) is 0 Å². The van der Waals surface area contributed by atoms with Crippen molar-refractivity contribution < 1.29 is 19.8 Å². The van der Waals surface area contributed by atoms with E-state index in [1.807, 2.05) is 0 Å². The van der Waals surface area contributed by atoms with E-state index in [9.17, 15) is 9.59 Å². The van der Waals surface area contributed by atoms with Crippen molar-refractivity contribution in [1.82, 2.24) is 9.78 Å². The Morgan fingerprint density at radius 2 is 2.21 bits per heavy atom. The Bertz CT molecular complexity index is 358. The van der Waals surface area contributed by atoms with Crippen molar-refractivity contribution >= 4 is 11.9 Å². The third-order valence-corrected chi connectivity index (χ3v) is 1.89. The lowest BCUT2D eigenvalue weighted by Crippen LogP contribution is -2.18. The molecule has 6 heteroatoms. The van der Waals surface area contributed by atoms with E-state index in [1.165, 1.54) is 16.9 Å². The SMILES string of the molecule is Cn1nccc1C(CC(=O)O)C(=O)O. The molecule has 1 unspecified atom stereocenters. The fourth-order valence-electron chi connectivity index (χ4n) is 1.22. The van der Waals surface area contributed by atoms with Gasteiger partial charge in [-0.1, -0.05) is 0 Å². The topological polar surface area (TPSA) is 92.4 Å². The van der Waals surface area contributed by atoms with Gasteiger partial charge in [0.25, 0.3) is 0 Å². The lowest BCUT2D eigenvalue weighted by atomic mass is 10.0. The van der Waals surface area contributed by atoms with E-state index in [0.717, 1.165) is 0 Å². The number of rotatable bonds is 4. The molecule has 1 atom stereocenters. The number of aryl methyl sites for hydroxylation is 1. The smallest absolute Gasteiger partial charge is 0.313 e. The number of aliphatic carboxylic acids is 2. The summed E-state index contributed by atoms with van der Waals surface area (Å²) in [5.74, 6) is -3.34. The van der Waals surface area contributed by atoms with Crippen LogP contribution in [-0.2, 0) is 16.6 Å². The molecule has 0 aliphatic rings. The van der Waals surface area contributed by atoms with Crippen LogP contribution in [0.15, 0.2) is 12.3 Å². The highest BCUT2D eigenvalue weighted by molar-refractivity contribution is 5.81. The van der Waals surface area contributed by atoms with Crippen molar-refractivity contribution in [2.24, 2.45) is 7.05 Å². The Balaban J connectivity index is 2.94. The minimum absolute atomic E-state index is 0.389. The zero-order valence-electron chi connectivity index (χ0n) is 7.54. The molecule has 14 heavy (non-hydrogen) atoms. The summed E-state index contributed by atoms with van der Waals surface area (Å²) in [5.41, 5.74) is 0.389. The molecule has 1 heterocycles. The van der Waals surface area contributed by atoms with Gasteiger partial charge in [-0.2, -0.15) is 5.10 Å². The summed E-state index contributed by atoms with van der Waals surface area (Å²) in [6.45, 7) is 0. The third kappa shape index (κ3) is 2.09. The summed E-state index contributed by atoms with van der Waals surface area (Å²) in [7, 11) is 1.58. The first kappa shape index (κ1) is 10.2. The molecule has 0 saturated heterocycles. The summed E-state index contributed by atoms with van der Waals surface area (Å²) >= 11 is 0. The molecule has 0 spiro atoms. The zero-order valence-corrected chi connectivity index (χ0v) is 7.54. The van der Waals surface area contributed by atoms with Crippen LogP contribution in [0.2, 0.25) is 0 Å². The summed E-state index contributed by atoms with van der Waals surface area (Å²) in [6.07, 6.45) is 1.00. The fraction of sp³-hybridized carbons (Fsp3) is 0.375. The minimum Gasteiger partial charge on any atom is -0.481 e. The monoisotopic (exact) mass is 198 g/mol. The summed E-state index contributed by atoms with van der Waals surface area (Å²) in [4.78, 5) is 21.2. The molecule has 0 amide bonds. The van der Waals surface area contributed by atoms with Gasteiger partial charge in [0, 0.05) is 13.2 Å². The number of carboxylic acids is 2. The highest BCUT2D eigenvalue weighted by Gasteiger charge is 2.25. The maximum atomic E-state index is 10.8. The molecule has 0 bridgehead atoms.